The highest BCUT2D eigenvalue weighted by molar-refractivity contribution is 5.83. The van der Waals surface area contributed by atoms with E-state index >= 15 is 0 Å². The van der Waals surface area contributed by atoms with Crippen LogP contribution in [-0.4, -0.2) is 40.9 Å². The lowest BCUT2D eigenvalue weighted by molar-refractivity contribution is 0.355. The van der Waals surface area contributed by atoms with Crippen LogP contribution in [0.5, 0.6) is 23.0 Å². The van der Waals surface area contributed by atoms with Crippen LogP contribution in [0.15, 0.2) is 94.9 Å². The summed E-state index contributed by atoms with van der Waals surface area (Å²) in [5.41, 5.74) is 6.08. The lowest BCUT2D eigenvalue weighted by Gasteiger charge is -2.07. The Morgan fingerprint density at radius 1 is 0.486 bits per heavy atom. The maximum atomic E-state index is 5.36. The fraction of sp³-hybridized carbons (Fsp3) is 0.161. The summed E-state index contributed by atoms with van der Waals surface area (Å²) in [5.74, 6) is 2.75. The molecule has 6 nitrogen and oxygen atoms in total. The fourth-order valence-electron chi connectivity index (χ4n) is 3.80. The Labute approximate surface area is 217 Å². The molecule has 0 atom stereocenters. The molecule has 4 aromatic carbocycles. The van der Waals surface area contributed by atoms with Crippen LogP contribution in [0.4, 0.5) is 11.4 Å². The Hall–Kier alpha value is -4.58. The normalized spacial score (nSPS) is 11.1. The quantitative estimate of drug-likeness (QED) is 0.227. The predicted octanol–water partition coefficient (Wildman–Crippen LogP) is 6.81. The van der Waals surface area contributed by atoms with E-state index in [-0.39, 0.29) is 0 Å². The summed E-state index contributed by atoms with van der Waals surface area (Å²) in [6, 6.07) is 27.9. The number of rotatable bonds is 10. The Morgan fingerprint density at radius 2 is 0.865 bits per heavy atom. The first-order valence-electron chi connectivity index (χ1n) is 11.8. The van der Waals surface area contributed by atoms with Crippen LogP contribution in [0, 0.1) is 0 Å². The van der Waals surface area contributed by atoms with Gasteiger partial charge in [0.25, 0.3) is 0 Å². The van der Waals surface area contributed by atoms with Crippen molar-refractivity contribution >= 4 is 23.8 Å². The third kappa shape index (κ3) is 6.76. The number of ether oxygens (including phenoxy) is 4. The molecule has 4 aromatic rings. The van der Waals surface area contributed by atoms with Gasteiger partial charge >= 0.3 is 0 Å². The maximum Gasteiger partial charge on any atom is 0.161 e. The SMILES string of the molecule is COc1ccc(C=Nc2ccc(Cc3ccc(N=Cc4ccc(OC)c(OC)c4)cc3)cc2)cc1OC. The summed E-state index contributed by atoms with van der Waals surface area (Å²) in [4.78, 5) is 9.16. The van der Waals surface area contributed by atoms with Gasteiger partial charge in [-0.3, -0.25) is 9.98 Å². The molecule has 0 amide bonds. The summed E-state index contributed by atoms with van der Waals surface area (Å²) in [5, 5.41) is 0. The van der Waals surface area contributed by atoms with Gasteiger partial charge in [0.1, 0.15) is 0 Å². The van der Waals surface area contributed by atoms with Crippen molar-refractivity contribution in [3.63, 3.8) is 0 Å². The molecular weight excluding hydrogens is 464 g/mol. The average molecular weight is 495 g/mol. The zero-order valence-corrected chi connectivity index (χ0v) is 21.5. The molecule has 0 aliphatic heterocycles. The van der Waals surface area contributed by atoms with Crippen molar-refractivity contribution in [1.82, 2.24) is 0 Å². The molecule has 0 fully saturated rings. The predicted molar refractivity (Wildman–Crippen MR) is 149 cm³/mol. The van der Waals surface area contributed by atoms with Crippen LogP contribution in [0.1, 0.15) is 22.3 Å². The van der Waals surface area contributed by atoms with E-state index in [9.17, 15) is 0 Å². The Morgan fingerprint density at radius 3 is 1.22 bits per heavy atom. The van der Waals surface area contributed by atoms with Crippen molar-refractivity contribution in [2.75, 3.05) is 28.4 Å². The highest BCUT2D eigenvalue weighted by atomic mass is 16.5. The first-order valence-corrected chi connectivity index (χ1v) is 11.8. The number of nitrogens with zero attached hydrogens (tertiary/aromatic N) is 2. The number of hydrogen-bond donors (Lipinski definition) is 0. The summed E-state index contributed by atoms with van der Waals surface area (Å²) in [6.45, 7) is 0. The standard InChI is InChI=1S/C31H30N2O4/c1-34-28-15-9-24(18-30(28)36-3)20-32-26-11-5-22(6-12-26)17-23-7-13-27(14-8-23)33-21-25-10-16-29(35-2)31(19-25)37-4/h5-16,18-21H,17H2,1-4H3. The van der Waals surface area contributed by atoms with E-state index in [0.29, 0.717) is 23.0 Å². The topological polar surface area (TPSA) is 61.6 Å². The summed E-state index contributed by atoms with van der Waals surface area (Å²) >= 11 is 0. The highest BCUT2D eigenvalue weighted by Crippen LogP contribution is 2.28. The molecule has 188 valence electrons. The average Bonchev–Trinajstić information content (AvgIpc) is 2.96. The van der Waals surface area contributed by atoms with Gasteiger partial charge in [0.05, 0.1) is 39.8 Å². The summed E-state index contributed by atoms with van der Waals surface area (Å²) in [6.07, 6.45) is 4.47. The molecule has 0 aliphatic carbocycles. The Kier molecular flexibility index (Phi) is 8.55. The Balaban J connectivity index is 1.36. The monoisotopic (exact) mass is 494 g/mol. The van der Waals surface area contributed by atoms with Crippen LogP contribution in [0.2, 0.25) is 0 Å². The smallest absolute Gasteiger partial charge is 0.161 e. The molecule has 0 saturated carbocycles. The van der Waals surface area contributed by atoms with Gasteiger partial charge in [0.15, 0.2) is 23.0 Å². The van der Waals surface area contributed by atoms with Crippen LogP contribution in [0.3, 0.4) is 0 Å². The lowest BCUT2D eigenvalue weighted by Crippen LogP contribution is -1.92. The van der Waals surface area contributed by atoms with E-state index in [1.165, 1.54) is 11.1 Å². The van der Waals surface area contributed by atoms with Crippen molar-refractivity contribution in [2.24, 2.45) is 9.98 Å². The van der Waals surface area contributed by atoms with Gasteiger partial charge in [-0.1, -0.05) is 24.3 Å². The van der Waals surface area contributed by atoms with Gasteiger partial charge in [-0.2, -0.15) is 0 Å². The molecule has 0 aliphatic rings. The van der Waals surface area contributed by atoms with E-state index in [1.807, 2.05) is 73.1 Å². The molecule has 0 N–H and O–H groups in total. The molecule has 4 rings (SSSR count). The molecule has 0 saturated heterocycles. The van der Waals surface area contributed by atoms with E-state index in [4.69, 9.17) is 18.9 Å². The number of methoxy groups -OCH3 is 4. The van der Waals surface area contributed by atoms with E-state index in [2.05, 4.69) is 34.3 Å². The molecule has 0 radical (unpaired) electrons. The van der Waals surface area contributed by atoms with E-state index in [1.54, 1.807) is 28.4 Å². The van der Waals surface area contributed by atoms with Crippen LogP contribution in [-0.2, 0) is 6.42 Å². The molecule has 0 unspecified atom stereocenters. The zero-order valence-electron chi connectivity index (χ0n) is 21.5. The second kappa shape index (κ2) is 12.4. The van der Waals surface area contributed by atoms with Crippen molar-refractivity contribution in [1.29, 1.82) is 0 Å². The fourth-order valence-corrected chi connectivity index (χ4v) is 3.80. The van der Waals surface area contributed by atoms with Gasteiger partial charge in [-0.25, -0.2) is 0 Å². The summed E-state index contributed by atoms with van der Waals surface area (Å²) < 4.78 is 21.3. The van der Waals surface area contributed by atoms with Crippen molar-refractivity contribution in [3.05, 3.63) is 107 Å². The van der Waals surface area contributed by atoms with Crippen molar-refractivity contribution < 1.29 is 18.9 Å². The highest BCUT2D eigenvalue weighted by Gasteiger charge is 2.04. The third-order valence-corrected chi connectivity index (χ3v) is 5.82. The number of aliphatic imine (C=N–C) groups is 2. The molecule has 37 heavy (non-hydrogen) atoms. The van der Waals surface area contributed by atoms with Crippen LogP contribution in [0.25, 0.3) is 0 Å². The first-order chi connectivity index (χ1) is 18.1. The molecule has 0 heterocycles. The Bertz CT molecular complexity index is 1270. The van der Waals surface area contributed by atoms with Gasteiger partial charge in [-0.15, -0.1) is 0 Å². The maximum absolute atomic E-state index is 5.36. The largest absolute Gasteiger partial charge is 0.493 e. The van der Waals surface area contributed by atoms with Crippen LogP contribution >= 0.6 is 0 Å². The second-order valence-corrected chi connectivity index (χ2v) is 8.25. The molecule has 0 bridgehead atoms. The second-order valence-electron chi connectivity index (χ2n) is 8.25. The molecule has 0 spiro atoms. The minimum Gasteiger partial charge on any atom is -0.493 e. The molecular formula is C31H30N2O4. The van der Waals surface area contributed by atoms with Crippen LogP contribution < -0.4 is 18.9 Å². The third-order valence-electron chi connectivity index (χ3n) is 5.82. The first kappa shape index (κ1) is 25.5. The number of hydrogen-bond acceptors (Lipinski definition) is 6. The van der Waals surface area contributed by atoms with Gasteiger partial charge in [-0.05, 0) is 89.3 Å². The van der Waals surface area contributed by atoms with Gasteiger partial charge in [0.2, 0.25) is 0 Å². The minimum atomic E-state index is 0.680. The molecule has 6 heteroatoms. The minimum absolute atomic E-state index is 0.680. The van der Waals surface area contributed by atoms with Crippen molar-refractivity contribution in [3.8, 4) is 23.0 Å². The van der Waals surface area contributed by atoms with Gasteiger partial charge < -0.3 is 18.9 Å². The number of benzene rings is 4. The lowest BCUT2D eigenvalue weighted by atomic mass is 10.0. The summed E-state index contributed by atoms with van der Waals surface area (Å²) in [7, 11) is 6.49. The zero-order chi connectivity index (χ0) is 26.0. The molecule has 0 aromatic heterocycles. The van der Waals surface area contributed by atoms with E-state index in [0.717, 1.165) is 28.9 Å². The van der Waals surface area contributed by atoms with E-state index < -0.39 is 0 Å². The van der Waals surface area contributed by atoms with Gasteiger partial charge in [0, 0.05) is 12.4 Å². The van der Waals surface area contributed by atoms with Crippen molar-refractivity contribution in [2.45, 2.75) is 6.42 Å².